The normalized spacial score (nSPS) is 23.2. The summed E-state index contributed by atoms with van der Waals surface area (Å²) < 4.78 is 0. The third kappa shape index (κ3) is 3.17. The maximum Gasteiger partial charge on any atom is 0.246 e. The molecule has 0 aromatic carbocycles. The van der Waals surface area contributed by atoms with Crippen LogP contribution in [0, 0.1) is 0 Å². The SMILES string of the molecule is CC(C)NC(=O)C1(C)CSCC(=O)N1Cc1cccs1. The first-order chi connectivity index (χ1) is 9.43. The Bertz CT molecular complexity index is 487. The molecule has 0 spiro atoms. The van der Waals surface area contributed by atoms with Gasteiger partial charge in [-0.3, -0.25) is 9.59 Å². The van der Waals surface area contributed by atoms with Gasteiger partial charge in [0, 0.05) is 16.7 Å². The summed E-state index contributed by atoms with van der Waals surface area (Å²) in [6.07, 6.45) is 0. The van der Waals surface area contributed by atoms with Gasteiger partial charge in [0.1, 0.15) is 5.54 Å². The highest BCUT2D eigenvalue weighted by Crippen LogP contribution is 2.30. The van der Waals surface area contributed by atoms with E-state index >= 15 is 0 Å². The van der Waals surface area contributed by atoms with Crippen LogP contribution in [0.25, 0.3) is 0 Å². The van der Waals surface area contributed by atoms with Gasteiger partial charge in [-0.05, 0) is 32.2 Å². The number of nitrogens with one attached hydrogen (secondary N) is 1. The van der Waals surface area contributed by atoms with E-state index in [-0.39, 0.29) is 17.9 Å². The molecule has 4 nitrogen and oxygen atoms in total. The third-order valence-electron chi connectivity index (χ3n) is 3.31. The second-order valence-electron chi connectivity index (χ2n) is 5.45. The van der Waals surface area contributed by atoms with Gasteiger partial charge in [0.2, 0.25) is 11.8 Å². The molecule has 1 N–H and O–H groups in total. The highest BCUT2D eigenvalue weighted by Gasteiger charge is 2.45. The average Bonchev–Trinajstić information content (AvgIpc) is 2.86. The molecule has 0 bridgehead atoms. The van der Waals surface area contributed by atoms with Crippen molar-refractivity contribution in [2.75, 3.05) is 11.5 Å². The number of carbonyl (C=O) groups excluding carboxylic acids is 2. The summed E-state index contributed by atoms with van der Waals surface area (Å²) in [6, 6.07) is 4.04. The molecule has 1 unspecified atom stereocenters. The smallest absolute Gasteiger partial charge is 0.246 e. The van der Waals surface area contributed by atoms with E-state index in [4.69, 9.17) is 0 Å². The number of hydrogen-bond donors (Lipinski definition) is 1. The van der Waals surface area contributed by atoms with E-state index in [1.165, 1.54) is 11.8 Å². The second-order valence-corrected chi connectivity index (χ2v) is 7.47. The van der Waals surface area contributed by atoms with E-state index in [1.54, 1.807) is 16.2 Å². The predicted molar refractivity (Wildman–Crippen MR) is 83.9 cm³/mol. The molecule has 6 heteroatoms. The zero-order valence-corrected chi connectivity index (χ0v) is 13.6. The van der Waals surface area contributed by atoms with Gasteiger partial charge in [-0.25, -0.2) is 0 Å². The van der Waals surface area contributed by atoms with Crippen molar-refractivity contribution in [3.8, 4) is 0 Å². The molecule has 0 saturated carbocycles. The van der Waals surface area contributed by atoms with Gasteiger partial charge < -0.3 is 10.2 Å². The van der Waals surface area contributed by atoms with E-state index in [1.807, 2.05) is 38.3 Å². The lowest BCUT2D eigenvalue weighted by Gasteiger charge is -2.43. The molecule has 2 amide bonds. The van der Waals surface area contributed by atoms with Gasteiger partial charge in [0.05, 0.1) is 12.3 Å². The Morgan fingerprint density at radius 1 is 1.55 bits per heavy atom. The van der Waals surface area contributed by atoms with E-state index in [0.29, 0.717) is 18.1 Å². The van der Waals surface area contributed by atoms with E-state index < -0.39 is 5.54 Å². The summed E-state index contributed by atoms with van der Waals surface area (Å²) in [6.45, 7) is 6.24. The zero-order chi connectivity index (χ0) is 14.8. The van der Waals surface area contributed by atoms with Crippen LogP contribution in [0.3, 0.4) is 0 Å². The molecule has 2 rings (SSSR count). The Balaban J connectivity index is 2.22. The monoisotopic (exact) mass is 312 g/mol. The van der Waals surface area contributed by atoms with Gasteiger partial charge in [0.25, 0.3) is 0 Å². The first-order valence-corrected chi connectivity index (χ1v) is 8.68. The minimum Gasteiger partial charge on any atom is -0.352 e. The zero-order valence-electron chi connectivity index (χ0n) is 12.0. The average molecular weight is 312 g/mol. The molecule has 20 heavy (non-hydrogen) atoms. The second kappa shape index (κ2) is 6.18. The van der Waals surface area contributed by atoms with Gasteiger partial charge in [0.15, 0.2) is 0 Å². The fourth-order valence-corrected chi connectivity index (χ4v) is 4.00. The summed E-state index contributed by atoms with van der Waals surface area (Å²) in [5.41, 5.74) is -0.770. The quantitative estimate of drug-likeness (QED) is 0.926. The van der Waals surface area contributed by atoms with Crippen LogP contribution in [0.5, 0.6) is 0 Å². The first-order valence-electron chi connectivity index (χ1n) is 6.65. The Kier molecular flexibility index (Phi) is 4.75. The Morgan fingerprint density at radius 2 is 2.30 bits per heavy atom. The van der Waals surface area contributed by atoms with Crippen LogP contribution < -0.4 is 5.32 Å². The molecular formula is C14H20N2O2S2. The van der Waals surface area contributed by atoms with Crippen LogP contribution in [0.15, 0.2) is 17.5 Å². The summed E-state index contributed by atoms with van der Waals surface area (Å²) >= 11 is 3.15. The van der Waals surface area contributed by atoms with Crippen molar-refractivity contribution in [3.63, 3.8) is 0 Å². The molecule has 1 fully saturated rings. The lowest BCUT2D eigenvalue weighted by atomic mass is 9.99. The minimum absolute atomic E-state index is 0.0380. The fraction of sp³-hybridized carbons (Fsp3) is 0.571. The van der Waals surface area contributed by atoms with Crippen molar-refractivity contribution in [2.45, 2.75) is 38.9 Å². The van der Waals surface area contributed by atoms with Crippen molar-refractivity contribution in [3.05, 3.63) is 22.4 Å². The molecule has 110 valence electrons. The van der Waals surface area contributed by atoms with Crippen molar-refractivity contribution < 1.29 is 9.59 Å². The summed E-state index contributed by atoms with van der Waals surface area (Å²) in [5, 5.41) is 4.93. The summed E-state index contributed by atoms with van der Waals surface area (Å²) in [4.78, 5) is 27.6. The van der Waals surface area contributed by atoms with E-state index in [2.05, 4.69) is 5.32 Å². The number of thiophene rings is 1. The molecule has 1 aromatic heterocycles. The van der Waals surface area contributed by atoms with Crippen LogP contribution in [0.1, 0.15) is 25.6 Å². The van der Waals surface area contributed by atoms with Crippen LogP contribution in [-0.2, 0) is 16.1 Å². The van der Waals surface area contributed by atoms with Crippen LogP contribution in [0.4, 0.5) is 0 Å². The fourth-order valence-electron chi connectivity index (χ4n) is 2.19. The molecular weight excluding hydrogens is 292 g/mol. The first kappa shape index (κ1) is 15.4. The molecule has 0 radical (unpaired) electrons. The van der Waals surface area contributed by atoms with Crippen molar-refractivity contribution in [2.24, 2.45) is 0 Å². The van der Waals surface area contributed by atoms with Gasteiger partial charge in [-0.2, -0.15) is 0 Å². The number of amides is 2. The van der Waals surface area contributed by atoms with Crippen molar-refractivity contribution in [1.82, 2.24) is 10.2 Å². The molecule has 1 atom stereocenters. The highest BCUT2D eigenvalue weighted by molar-refractivity contribution is 8.00. The number of hydrogen-bond acceptors (Lipinski definition) is 4. The highest BCUT2D eigenvalue weighted by atomic mass is 32.2. The number of nitrogens with zero attached hydrogens (tertiary/aromatic N) is 1. The van der Waals surface area contributed by atoms with Gasteiger partial charge in [-0.1, -0.05) is 6.07 Å². The number of rotatable bonds is 4. The summed E-state index contributed by atoms with van der Waals surface area (Å²) in [5.74, 6) is 1.07. The Hall–Kier alpha value is -1.01. The molecule has 1 aliphatic heterocycles. The van der Waals surface area contributed by atoms with E-state index in [0.717, 1.165) is 4.88 Å². The molecule has 1 aliphatic rings. The van der Waals surface area contributed by atoms with Crippen LogP contribution in [0.2, 0.25) is 0 Å². The van der Waals surface area contributed by atoms with Gasteiger partial charge in [-0.15, -0.1) is 23.1 Å². The maximum absolute atomic E-state index is 12.5. The topological polar surface area (TPSA) is 49.4 Å². The van der Waals surface area contributed by atoms with E-state index in [9.17, 15) is 9.59 Å². The van der Waals surface area contributed by atoms with Crippen LogP contribution in [-0.4, -0.2) is 39.8 Å². The molecule has 1 aromatic rings. The molecule has 0 aliphatic carbocycles. The standard InChI is InChI=1S/C14H20N2O2S2/c1-10(2)15-13(18)14(3)9-19-8-12(17)16(14)7-11-5-4-6-20-11/h4-6,10H,7-9H2,1-3H3,(H,15,18). The molecule has 2 heterocycles. The third-order valence-corrected chi connectivity index (χ3v) is 5.39. The lowest BCUT2D eigenvalue weighted by Crippen LogP contribution is -2.63. The predicted octanol–water partition coefficient (Wildman–Crippen LogP) is 2.11. The van der Waals surface area contributed by atoms with Crippen LogP contribution >= 0.6 is 23.1 Å². The molecule has 1 saturated heterocycles. The minimum atomic E-state index is -0.770. The van der Waals surface area contributed by atoms with Crippen molar-refractivity contribution >= 4 is 34.9 Å². The lowest BCUT2D eigenvalue weighted by molar-refractivity contribution is -0.145. The van der Waals surface area contributed by atoms with Crippen molar-refractivity contribution in [1.29, 1.82) is 0 Å². The maximum atomic E-state index is 12.5. The van der Waals surface area contributed by atoms with Gasteiger partial charge >= 0.3 is 0 Å². The Morgan fingerprint density at radius 3 is 2.90 bits per heavy atom. The largest absolute Gasteiger partial charge is 0.352 e. The Labute approximate surface area is 127 Å². The number of carbonyl (C=O) groups is 2. The number of thioether (sulfide) groups is 1. The summed E-state index contributed by atoms with van der Waals surface area (Å²) in [7, 11) is 0.